The lowest BCUT2D eigenvalue weighted by Crippen LogP contribution is -2.34. The van der Waals surface area contributed by atoms with Crippen LogP contribution in [0.3, 0.4) is 0 Å². The molecule has 17 heavy (non-hydrogen) atoms. The van der Waals surface area contributed by atoms with Crippen LogP contribution < -0.4 is 4.90 Å². The van der Waals surface area contributed by atoms with Gasteiger partial charge >= 0.3 is 0 Å². The molecule has 0 spiro atoms. The van der Waals surface area contributed by atoms with E-state index in [-0.39, 0.29) is 0 Å². The Morgan fingerprint density at radius 1 is 1.24 bits per heavy atom. The van der Waals surface area contributed by atoms with Crippen molar-refractivity contribution < 1.29 is 0 Å². The predicted octanol–water partition coefficient (Wildman–Crippen LogP) is 3.72. The van der Waals surface area contributed by atoms with Gasteiger partial charge in [0, 0.05) is 18.3 Å². The Labute approximate surface area is 104 Å². The van der Waals surface area contributed by atoms with E-state index < -0.39 is 0 Å². The second-order valence-electron chi connectivity index (χ2n) is 4.76. The lowest BCUT2D eigenvalue weighted by atomic mass is 10.1. The first-order valence-corrected chi connectivity index (χ1v) is 6.62. The molecule has 1 unspecified atom stereocenters. The fourth-order valence-electron chi connectivity index (χ4n) is 2.67. The van der Waals surface area contributed by atoms with Gasteiger partial charge in [-0.1, -0.05) is 19.8 Å². The maximum atomic E-state index is 8.82. The SMILES string of the molecule is CCC1CCCCCN1c1ccc(C#N)cc1. The van der Waals surface area contributed by atoms with Crippen LogP contribution in [-0.4, -0.2) is 12.6 Å². The molecule has 0 amide bonds. The molecule has 0 saturated carbocycles. The fourth-order valence-corrected chi connectivity index (χ4v) is 2.67. The van der Waals surface area contributed by atoms with Gasteiger partial charge in [0.05, 0.1) is 11.6 Å². The molecule has 1 atom stereocenters. The van der Waals surface area contributed by atoms with Gasteiger partial charge in [-0.05, 0) is 43.5 Å². The molecule has 0 aliphatic carbocycles. The van der Waals surface area contributed by atoms with Crippen molar-refractivity contribution in [3.8, 4) is 6.07 Å². The highest BCUT2D eigenvalue weighted by Gasteiger charge is 2.19. The van der Waals surface area contributed by atoms with E-state index >= 15 is 0 Å². The molecular formula is C15H20N2. The maximum absolute atomic E-state index is 8.82. The van der Waals surface area contributed by atoms with Crippen LogP contribution in [0.15, 0.2) is 24.3 Å². The van der Waals surface area contributed by atoms with Crippen molar-refractivity contribution in [3.05, 3.63) is 29.8 Å². The van der Waals surface area contributed by atoms with Gasteiger partial charge in [-0.2, -0.15) is 5.26 Å². The van der Waals surface area contributed by atoms with Gasteiger partial charge in [0.1, 0.15) is 0 Å². The van der Waals surface area contributed by atoms with Crippen molar-refractivity contribution in [2.45, 2.75) is 45.1 Å². The molecule has 1 fully saturated rings. The summed E-state index contributed by atoms with van der Waals surface area (Å²) in [7, 11) is 0. The van der Waals surface area contributed by atoms with Gasteiger partial charge < -0.3 is 4.90 Å². The van der Waals surface area contributed by atoms with Gasteiger partial charge in [-0.15, -0.1) is 0 Å². The molecular weight excluding hydrogens is 208 g/mol. The summed E-state index contributed by atoms with van der Waals surface area (Å²) < 4.78 is 0. The van der Waals surface area contributed by atoms with Crippen molar-refractivity contribution in [1.82, 2.24) is 0 Å². The molecule has 2 rings (SSSR count). The smallest absolute Gasteiger partial charge is 0.0991 e. The van der Waals surface area contributed by atoms with Crippen molar-refractivity contribution in [1.29, 1.82) is 5.26 Å². The van der Waals surface area contributed by atoms with Crippen molar-refractivity contribution >= 4 is 5.69 Å². The summed E-state index contributed by atoms with van der Waals surface area (Å²) in [4.78, 5) is 2.52. The number of nitriles is 1. The average molecular weight is 228 g/mol. The second kappa shape index (κ2) is 5.72. The van der Waals surface area contributed by atoms with Crippen LogP contribution in [-0.2, 0) is 0 Å². The van der Waals surface area contributed by atoms with Crippen molar-refractivity contribution in [2.75, 3.05) is 11.4 Å². The van der Waals surface area contributed by atoms with Crippen LogP contribution in [0.25, 0.3) is 0 Å². The van der Waals surface area contributed by atoms with Gasteiger partial charge in [0.25, 0.3) is 0 Å². The van der Waals surface area contributed by atoms with E-state index in [1.54, 1.807) is 0 Å². The monoisotopic (exact) mass is 228 g/mol. The molecule has 1 aromatic carbocycles. The number of rotatable bonds is 2. The van der Waals surface area contributed by atoms with E-state index in [4.69, 9.17) is 5.26 Å². The zero-order valence-corrected chi connectivity index (χ0v) is 10.5. The molecule has 1 aromatic rings. The molecule has 0 aromatic heterocycles. The van der Waals surface area contributed by atoms with E-state index in [1.807, 2.05) is 12.1 Å². The highest BCUT2D eigenvalue weighted by atomic mass is 15.2. The zero-order chi connectivity index (χ0) is 12.1. The van der Waals surface area contributed by atoms with Crippen molar-refractivity contribution in [3.63, 3.8) is 0 Å². The standard InChI is InChI=1S/C15H20N2/c1-2-14-6-4-3-5-11-17(14)15-9-7-13(12-16)8-10-15/h7-10,14H,2-6,11H2,1H3. The van der Waals surface area contributed by atoms with E-state index in [0.717, 1.165) is 12.1 Å². The summed E-state index contributed by atoms with van der Waals surface area (Å²) in [5.41, 5.74) is 2.02. The Kier molecular flexibility index (Phi) is 4.03. The largest absolute Gasteiger partial charge is 0.369 e. The topological polar surface area (TPSA) is 27.0 Å². The van der Waals surface area contributed by atoms with Crippen LogP contribution >= 0.6 is 0 Å². The zero-order valence-electron chi connectivity index (χ0n) is 10.5. The van der Waals surface area contributed by atoms with E-state index in [9.17, 15) is 0 Å². The molecule has 0 radical (unpaired) electrons. The molecule has 0 bridgehead atoms. The minimum absolute atomic E-state index is 0.672. The van der Waals surface area contributed by atoms with E-state index in [0.29, 0.717) is 6.04 Å². The van der Waals surface area contributed by atoms with Gasteiger partial charge in [0.2, 0.25) is 0 Å². The van der Waals surface area contributed by atoms with E-state index in [1.165, 1.54) is 37.8 Å². The number of hydrogen-bond donors (Lipinski definition) is 0. The summed E-state index contributed by atoms with van der Waals surface area (Å²) in [5, 5.41) is 8.82. The van der Waals surface area contributed by atoms with Gasteiger partial charge in [0.15, 0.2) is 0 Å². The lowest BCUT2D eigenvalue weighted by Gasteiger charge is -2.31. The molecule has 2 nitrogen and oxygen atoms in total. The third-order valence-electron chi connectivity index (χ3n) is 3.68. The first-order valence-electron chi connectivity index (χ1n) is 6.62. The van der Waals surface area contributed by atoms with Gasteiger partial charge in [-0.25, -0.2) is 0 Å². The molecule has 1 aliphatic rings. The predicted molar refractivity (Wildman–Crippen MR) is 71.1 cm³/mol. The number of benzene rings is 1. The molecule has 90 valence electrons. The highest BCUT2D eigenvalue weighted by molar-refractivity contribution is 5.50. The third-order valence-corrected chi connectivity index (χ3v) is 3.68. The summed E-state index contributed by atoms with van der Waals surface area (Å²) >= 11 is 0. The van der Waals surface area contributed by atoms with Gasteiger partial charge in [-0.3, -0.25) is 0 Å². The fraction of sp³-hybridized carbons (Fsp3) is 0.533. The number of anilines is 1. The number of hydrogen-bond acceptors (Lipinski definition) is 2. The Hall–Kier alpha value is -1.49. The summed E-state index contributed by atoms with van der Waals surface area (Å²) in [5.74, 6) is 0. The number of nitrogens with zero attached hydrogens (tertiary/aromatic N) is 2. The average Bonchev–Trinajstić information content (AvgIpc) is 2.64. The quantitative estimate of drug-likeness (QED) is 0.771. The Morgan fingerprint density at radius 3 is 2.65 bits per heavy atom. The minimum atomic E-state index is 0.672. The summed E-state index contributed by atoms with van der Waals surface area (Å²) in [6.45, 7) is 3.43. The van der Waals surface area contributed by atoms with Crippen molar-refractivity contribution in [2.24, 2.45) is 0 Å². The van der Waals surface area contributed by atoms with Crippen LogP contribution in [0.1, 0.15) is 44.6 Å². The van der Waals surface area contributed by atoms with Crippen LogP contribution in [0, 0.1) is 11.3 Å². The molecule has 1 heterocycles. The second-order valence-corrected chi connectivity index (χ2v) is 4.76. The highest BCUT2D eigenvalue weighted by Crippen LogP contribution is 2.25. The molecule has 1 saturated heterocycles. The van der Waals surface area contributed by atoms with Crippen LogP contribution in [0.4, 0.5) is 5.69 Å². The summed E-state index contributed by atoms with van der Waals surface area (Å²) in [6.07, 6.45) is 6.50. The molecule has 2 heteroatoms. The molecule has 1 aliphatic heterocycles. The maximum Gasteiger partial charge on any atom is 0.0991 e. The third kappa shape index (κ3) is 2.79. The first kappa shape index (κ1) is 12.0. The lowest BCUT2D eigenvalue weighted by molar-refractivity contribution is 0.556. The van der Waals surface area contributed by atoms with Crippen LogP contribution in [0.2, 0.25) is 0 Å². The summed E-state index contributed by atoms with van der Waals surface area (Å²) in [6, 6.07) is 10.9. The van der Waals surface area contributed by atoms with E-state index in [2.05, 4.69) is 30.0 Å². The Morgan fingerprint density at radius 2 is 2.00 bits per heavy atom. The van der Waals surface area contributed by atoms with Crippen LogP contribution in [0.5, 0.6) is 0 Å². The first-order chi connectivity index (χ1) is 8.35. The Balaban J connectivity index is 2.19. The minimum Gasteiger partial charge on any atom is -0.369 e. The Bertz CT molecular complexity index is 388. The normalized spacial score (nSPS) is 20.7. The molecule has 0 N–H and O–H groups in total.